The third-order valence-electron chi connectivity index (χ3n) is 4.18. The highest BCUT2D eigenvalue weighted by molar-refractivity contribution is 7.92. The van der Waals surface area contributed by atoms with Crippen molar-refractivity contribution in [2.24, 2.45) is 0 Å². The van der Waals surface area contributed by atoms with E-state index in [1.165, 1.54) is 0 Å². The Morgan fingerprint density at radius 2 is 1.86 bits per heavy atom. The van der Waals surface area contributed by atoms with Crippen molar-refractivity contribution >= 4 is 27.3 Å². The molecule has 0 radical (unpaired) electrons. The number of benzene rings is 2. The average molecular weight is 403 g/mol. The first-order valence-corrected chi connectivity index (χ1v) is 10.7. The zero-order chi connectivity index (χ0) is 20.9. The van der Waals surface area contributed by atoms with Crippen LogP contribution in [0.5, 0.6) is 5.75 Å². The minimum absolute atomic E-state index is 0.391. The molecule has 1 amide bonds. The maximum absolute atomic E-state index is 12.8. The van der Waals surface area contributed by atoms with Crippen LogP contribution in [0.3, 0.4) is 0 Å². The number of anilines is 2. The second kappa shape index (κ2) is 8.93. The Morgan fingerprint density at radius 1 is 1.21 bits per heavy atom. The molecule has 0 saturated heterocycles. The van der Waals surface area contributed by atoms with E-state index in [9.17, 15) is 13.2 Å². The fourth-order valence-electron chi connectivity index (χ4n) is 2.77. The largest absolute Gasteiger partial charge is 0.490 e. The van der Waals surface area contributed by atoms with Gasteiger partial charge in [0, 0.05) is 5.69 Å². The molecule has 7 heteroatoms. The maximum atomic E-state index is 12.8. The SMILES string of the molecule is C=CCOc1ccc(NC(=O)[C@@H](C)N(c2cc(C)ccc2C)S(C)(=O)=O)cc1. The molecule has 0 aliphatic heterocycles. The number of ether oxygens (including phenoxy) is 1. The van der Waals surface area contributed by atoms with Crippen molar-refractivity contribution in [3.8, 4) is 5.75 Å². The van der Waals surface area contributed by atoms with Gasteiger partial charge in [0.25, 0.3) is 0 Å². The smallest absolute Gasteiger partial charge is 0.247 e. The van der Waals surface area contributed by atoms with Crippen LogP contribution < -0.4 is 14.4 Å². The highest BCUT2D eigenvalue weighted by Crippen LogP contribution is 2.27. The van der Waals surface area contributed by atoms with Crippen molar-refractivity contribution in [2.45, 2.75) is 26.8 Å². The zero-order valence-electron chi connectivity index (χ0n) is 16.6. The lowest BCUT2D eigenvalue weighted by atomic mass is 10.1. The Labute approximate surface area is 166 Å². The topological polar surface area (TPSA) is 75.7 Å². The number of amides is 1. The lowest BCUT2D eigenvalue weighted by Gasteiger charge is -2.29. The molecule has 0 heterocycles. The molecule has 0 aliphatic carbocycles. The van der Waals surface area contributed by atoms with Crippen LogP contribution in [-0.4, -0.2) is 33.2 Å². The average Bonchev–Trinajstić information content (AvgIpc) is 2.63. The molecule has 0 spiro atoms. The van der Waals surface area contributed by atoms with Gasteiger partial charge in [-0.15, -0.1) is 0 Å². The van der Waals surface area contributed by atoms with Crippen molar-refractivity contribution < 1.29 is 17.9 Å². The molecule has 2 aromatic rings. The molecule has 1 atom stereocenters. The third kappa shape index (κ3) is 5.36. The molecule has 2 rings (SSSR count). The van der Waals surface area contributed by atoms with Gasteiger partial charge in [0.05, 0.1) is 11.9 Å². The van der Waals surface area contributed by atoms with Crippen molar-refractivity contribution in [1.82, 2.24) is 0 Å². The fraction of sp³-hybridized carbons (Fsp3) is 0.286. The molecule has 1 N–H and O–H groups in total. The molecular weight excluding hydrogens is 376 g/mol. The van der Waals surface area contributed by atoms with E-state index in [2.05, 4.69) is 11.9 Å². The van der Waals surface area contributed by atoms with Crippen molar-refractivity contribution in [3.63, 3.8) is 0 Å². The molecule has 28 heavy (non-hydrogen) atoms. The maximum Gasteiger partial charge on any atom is 0.247 e. The third-order valence-corrected chi connectivity index (χ3v) is 5.41. The van der Waals surface area contributed by atoms with Crippen LogP contribution in [0.4, 0.5) is 11.4 Å². The number of rotatable bonds is 8. The summed E-state index contributed by atoms with van der Waals surface area (Å²) in [6.07, 6.45) is 2.74. The van der Waals surface area contributed by atoms with Crippen LogP contribution in [-0.2, 0) is 14.8 Å². The first kappa shape index (κ1) is 21.5. The number of aryl methyl sites for hydroxylation is 2. The van der Waals surface area contributed by atoms with Crippen LogP contribution >= 0.6 is 0 Å². The summed E-state index contributed by atoms with van der Waals surface area (Å²) < 4.78 is 31.5. The summed E-state index contributed by atoms with van der Waals surface area (Å²) in [6.45, 7) is 9.25. The van der Waals surface area contributed by atoms with Gasteiger partial charge >= 0.3 is 0 Å². The van der Waals surface area contributed by atoms with Crippen LogP contribution in [0.25, 0.3) is 0 Å². The van der Waals surface area contributed by atoms with Gasteiger partial charge in [-0.1, -0.05) is 24.8 Å². The zero-order valence-corrected chi connectivity index (χ0v) is 17.4. The van der Waals surface area contributed by atoms with Crippen LogP contribution in [0.2, 0.25) is 0 Å². The van der Waals surface area contributed by atoms with Crippen molar-refractivity contribution in [2.75, 3.05) is 22.5 Å². The highest BCUT2D eigenvalue weighted by Gasteiger charge is 2.30. The molecule has 0 aromatic heterocycles. The minimum Gasteiger partial charge on any atom is -0.490 e. The van der Waals surface area contributed by atoms with E-state index in [4.69, 9.17) is 4.74 Å². The van der Waals surface area contributed by atoms with Gasteiger partial charge in [-0.25, -0.2) is 8.42 Å². The van der Waals surface area contributed by atoms with E-state index < -0.39 is 22.0 Å². The van der Waals surface area contributed by atoms with Gasteiger partial charge in [-0.2, -0.15) is 0 Å². The molecule has 6 nitrogen and oxygen atoms in total. The van der Waals surface area contributed by atoms with Gasteiger partial charge in [-0.05, 0) is 62.2 Å². The molecule has 0 bridgehead atoms. The highest BCUT2D eigenvalue weighted by atomic mass is 32.2. The number of nitrogens with zero attached hydrogens (tertiary/aromatic N) is 1. The summed E-state index contributed by atoms with van der Waals surface area (Å²) in [5.74, 6) is 0.227. The van der Waals surface area contributed by atoms with Crippen molar-refractivity contribution in [1.29, 1.82) is 0 Å². The Kier molecular flexibility index (Phi) is 6.85. The van der Waals surface area contributed by atoms with E-state index in [1.807, 2.05) is 26.0 Å². The molecule has 0 saturated carbocycles. The van der Waals surface area contributed by atoms with E-state index in [0.717, 1.165) is 21.7 Å². The summed E-state index contributed by atoms with van der Waals surface area (Å²) in [5, 5.41) is 2.76. The Morgan fingerprint density at radius 3 is 2.43 bits per heavy atom. The summed E-state index contributed by atoms with van der Waals surface area (Å²) >= 11 is 0. The lowest BCUT2D eigenvalue weighted by Crippen LogP contribution is -2.45. The number of hydrogen-bond donors (Lipinski definition) is 1. The number of nitrogens with one attached hydrogen (secondary N) is 1. The Hall–Kier alpha value is -2.80. The molecule has 150 valence electrons. The lowest BCUT2D eigenvalue weighted by molar-refractivity contribution is -0.116. The number of hydrogen-bond acceptors (Lipinski definition) is 4. The number of carbonyl (C=O) groups excluding carboxylic acids is 1. The molecule has 0 fully saturated rings. The second-order valence-corrected chi connectivity index (χ2v) is 8.50. The number of carbonyl (C=O) groups is 1. The number of sulfonamides is 1. The van der Waals surface area contributed by atoms with Gasteiger partial charge in [-0.3, -0.25) is 9.10 Å². The van der Waals surface area contributed by atoms with Gasteiger partial charge in [0.2, 0.25) is 15.9 Å². The summed E-state index contributed by atoms with van der Waals surface area (Å²) in [6, 6.07) is 11.4. The first-order valence-electron chi connectivity index (χ1n) is 8.84. The van der Waals surface area contributed by atoms with Gasteiger partial charge < -0.3 is 10.1 Å². The van der Waals surface area contributed by atoms with Gasteiger partial charge in [0.15, 0.2) is 0 Å². The molecule has 2 aromatic carbocycles. The van der Waals surface area contributed by atoms with Crippen LogP contribution in [0.15, 0.2) is 55.1 Å². The standard InChI is InChI=1S/C21H26N2O4S/c1-6-13-27-19-11-9-18(10-12-19)22-21(24)17(4)23(28(5,25)26)20-14-15(2)7-8-16(20)3/h6-12,14,17H,1,13H2,2-5H3,(H,22,24)/t17-/m1/s1. The van der Waals surface area contributed by atoms with E-state index in [0.29, 0.717) is 23.7 Å². The summed E-state index contributed by atoms with van der Waals surface area (Å²) in [5.41, 5.74) is 2.74. The van der Waals surface area contributed by atoms with Crippen LogP contribution in [0, 0.1) is 13.8 Å². The second-order valence-electron chi connectivity index (χ2n) is 6.64. The van der Waals surface area contributed by atoms with E-state index >= 15 is 0 Å². The Balaban J connectivity index is 2.24. The quantitative estimate of drug-likeness (QED) is 0.684. The fourth-order valence-corrected chi connectivity index (χ4v) is 4.00. The van der Waals surface area contributed by atoms with E-state index in [-0.39, 0.29) is 0 Å². The molecule has 0 aliphatic rings. The predicted octanol–water partition coefficient (Wildman–Crippen LogP) is 3.66. The van der Waals surface area contributed by atoms with Crippen LogP contribution in [0.1, 0.15) is 18.1 Å². The van der Waals surface area contributed by atoms with Crippen molar-refractivity contribution in [3.05, 3.63) is 66.2 Å². The molecular formula is C21H26N2O4S. The summed E-state index contributed by atoms with van der Waals surface area (Å²) in [7, 11) is -3.67. The van der Waals surface area contributed by atoms with Gasteiger partial charge in [0.1, 0.15) is 18.4 Å². The summed E-state index contributed by atoms with van der Waals surface area (Å²) in [4.78, 5) is 12.8. The first-order chi connectivity index (χ1) is 13.1. The normalized spacial score (nSPS) is 12.1. The van der Waals surface area contributed by atoms with E-state index in [1.54, 1.807) is 43.3 Å². The Bertz CT molecular complexity index is 953. The molecule has 0 unspecified atom stereocenters. The predicted molar refractivity (Wildman–Crippen MR) is 113 cm³/mol. The minimum atomic E-state index is -3.67. The monoisotopic (exact) mass is 402 g/mol.